The Bertz CT molecular complexity index is 1150. The van der Waals surface area contributed by atoms with E-state index in [0.29, 0.717) is 36.8 Å². The number of nitrogens with one attached hydrogen (secondary N) is 2. The van der Waals surface area contributed by atoms with Gasteiger partial charge in [-0.1, -0.05) is 6.08 Å². The van der Waals surface area contributed by atoms with E-state index >= 15 is 0 Å². The Balaban J connectivity index is 1.23. The molecule has 0 bridgehead atoms. The lowest BCUT2D eigenvalue weighted by Gasteiger charge is -2.46. The number of carbonyl (C=O) groups is 4. The van der Waals surface area contributed by atoms with Crippen LogP contribution in [0.15, 0.2) is 36.3 Å². The van der Waals surface area contributed by atoms with Crippen LogP contribution < -0.4 is 10.6 Å². The van der Waals surface area contributed by atoms with Gasteiger partial charge in [0.2, 0.25) is 5.91 Å². The number of fused-ring (bicyclic) bond motifs is 1. The van der Waals surface area contributed by atoms with Gasteiger partial charge in [-0.15, -0.1) is 0 Å². The Hall–Kier alpha value is -3.63. The van der Waals surface area contributed by atoms with Crippen LogP contribution in [0.1, 0.15) is 49.9 Å². The molecule has 0 aromatic carbocycles. The molecule has 4 aliphatic rings. The van der Waals surface area contributed by atoms with Crippen molar-refractivity contribution in [3.8, 4) is 0 Å². The number of hydrogen-bond donors (Lipinski definition) is 2. The third-order valence-corrected chi connectivity index (χ3v) is 7.48. The van der Waals surface area contributed by atoms with E-state index < -0.39 is 5.92 Å². The molecule has 3 atom stereocenters. The molecule has 3 unspecified atom stereocenters. The van der Waals surface area contributed by atoms with Crippen LogP contribution in [0, 0.1) is 11.8 Å². The Morgan fingerprint density at radius 1 is 1.19 bits per heavy atom. The number of imide groups is 1. The number of carbonyl (C=O) groups excluding carboxylic acids is 4. The van der Waals surface area contributed by atoms with Gasteiger partial charge in [0, 0.05) is 50.7 Å². The molecule has 198 valence electrons. The van der Waals surface area contributed by atoms with Crippen molar-refractivity contribution >= 4 is 23.9 Å². The number of likely N-dealkylation sites (tertiary alicyclic amines) is 1. The minimum Gasteiger partial charge on any atom is -0.347 e. The Kier molecular flexibility index (Phi) is 6.78. The molecule has 2 aliphatic carbocycles. The summed E-state index contributed by atoms with van der Waals surface area (Å²) in [5.41, 5.74) is 1.03. The number of rotatable bonds is 6. The molecule has 3 heterocycles. The van der Waals surface area contributed by atoms with Crippen molar-refractivity contribution in [2.45, 2.75) is 57.7 Å². The molecular formula is C26H35N7O4. The maximum Gasteiger partial charge on any atom is 0.327 e. The molecule has 1 saturated carbocycles. The second-order valence-electron chi connectivity index (χ2n) is 10.8. The molecule has 0 radical (unpaired) electrons. The summed E-state index contributed by atoms with van der Waals surface area (Å²) >= 11 is 0. The van der Waals surface area contributed by atoms with E-state index in [-0.39, 0.29) is 42.0 Å². The van der Waals surface area contributed by atoms with E-state index in [4.69, 9.17) is 0 Å². The lowest BCUT2D eigenvalue weighted by molar-refractivity contribution is -0.136. The van der Waals surface area contributed by atoms with Gasteiger partial charge in [-0.2, -0.15) is 5.10 Å². The summed E-state index contributed by atoms with van der Waals surface area (Å²) in [5.74, 6) is -0.551. The van der Waals surface area contributed by atoms with Crippen LogP contribution in [0.25, 0.3) is 0 Å². The van der Waals surface area contributed by atoms with Gasteiger partial charge < -0.3 is 20.4 Å². The highest BCUT2D eigenvalue weighted by molar-refractivity contribution is 6.00. The van der Waals surface area contributed by atoms with Crippen LogP contribution in [0.5, 0.6) is 0 Å². The Labute approximate surface area is 216 Å². The van der Waals surface area contributed by atoms with Gasteiger partial charge in [-0.25, -0.2) is 9.59 Å². The number of hydrogen-bond acceptors (Lipinski definition) is 5. The highest BCUT2D eigenvalue weighted by atomic mass is 16.2. The summed E-state index contributed by atoms with van der Waals surface area (Å²) < 4.78 is 1.57. The highest BCUT2D eigenvalue weighted by Crippen LogP contribution is 2.35. The first-order chi connectivity index (χ1) is 17.7. The number of amides is 6. The molecule has 5 rings (SSSR count). The van der Waals surface area contributed by atoms with Gasteiger partial charge in [-0.05, 0) is 57.6 Å². The minimum atomic E-state index is -0.535. The van der Waals surface area contributed by atoms with Gasteiger partial charge in [-0.3, -0.25) is 19.2 Å². The molecule has 2 N–H and O–H groups in total. The normalized spacial score (nSPS) is 25.8. The molecule has 2 aliphatic heterocycles. The molecule has 1 aromatic heterocycles. The van der Waals surface area contributed by atoms with E-state index in [9.17, 15) is 19.2 Å². The number of piperidine rings is 1. The Morgan fingerprint density at radius 2 is 1.97 bits per heavy atom. The summed E-state index contributed by atoms with van der Waals surface area (Å²) in [5, 5.41) is 9.96. The van der Waals surface area contributed by atoms with Crippen LogP contribution >= 0.6 is 0 Å². The highest BCUT2D eigenvalue weighted by Gasteiger charge is 2.47. The van der Waals surface area contributed by atoms with Crippen LogP contribution in [-0.2, 0) is 11.8 Å². The van der Waals surface area contributed by atoms with E-state index in [1.54, 1.807) is 39.9 Å². The van der Waals surface area contributed by atoms with Crippen molar-refractivity contribution in [2.24, 2.45) is 18.9 Å². The SMILES string of the molecule is CC(C)N1C(=O)N(CC2CC2)C(=O)C2C=C(NC(=O)N3CCCC(NC(=O)c4cnn(C)c4)C3)C=CC21. The maximum absolute atomic E-state index is 13.3. The van der Waals surface area contributed by atoms with Crippen LogP contribution in [0.3, 0.4) is 0 Å². The lowest BCUT2D eigenvalue weighted by Crippen LogP contribution is -2.63. The van der Waals surface area contributed by atoms with Crippen molar-refractivity contribution in [2.75, 3.05) is 19.6 Å². The van der Waals surface area contributed by atoms with Crippen LogP contribution in [-0.4, -0.2) is 86.1 Å². The van der Waals surface area contributed by atoms with Gasteiger partial charge in [0.05, 0.1) is 23.7 Å². The number of nitrogens with zero attached hydrogens (tertiary/aromatic N) is 5. The van der Waals surface area contributed by atoms with Gasteiger partial charge >= 0.3 is 12.1 Å². The molecule has 2 saturated heterocycles. The van der Waals surface area contributed by atoms with Crippen molar-refractivity contribution in [3.05, 3.63) is 41.9 Å². The van der Waals surface area contributed by atoms with Gasteiger partial charge in [0.1, 0.15) is 0 Å². The van der Waals surface area contributed by atoms with Crippen LogP contribution in [0.2, 0.25) is 0 Å². The molecule has 3 fully saturated rings. The maximum atomic E-state index is 13.3. The fraction of sp³-hybridized carbons (Fsp3) is 0.577. The predicted octanol–water partition coefficient (Wildman–Crippen LogP) is 1.85. The summed E-state index contributed by atoms with van der Waals surface area (Å²) in [6.07, 6.45) is 12.2. The largest absolute Gasteiger partial charge is 0.347 e. The van der Waals surface area contributed by atoms with Crippen molar-refractivity contribution in [1.29, 1.82) is 0 Å². The molecule has 1 aromatic rings. The topological polar surface area (TPSA) is 120 Å². The van der Waals surface area contributed by atoms with Crippen molar-refractivity contribution < 1.29 is 19.2 Å². The lowest BCUT2D eigenvalue weighted by atomic mass is 9.88. The quantitative estimate of drug-likeness (QED) is 0.607. The molecule has 0 spiro atoms. The van der Waals surface area contributed by atoms with E-state index in [0.717, 1.165) is 25.7 Å². The molecular weight excluding hydrogens is 474 g/mol. The second kappa shape index (κ2) is 10.0. The van der Waals surface area contributed by atoms with Crippen molar-refractivity contribution in [3.63, 3.8) is 0 Å². The zero-order valence-corrected chi connectivity index (χ0v) is 21.6. The average molecular weight is 510 g/mol. The fourth-order valence-electron chi connectivity index (χ4n) is 5.36. The van der Waals surface area contributed by atoms with Gasteiger partial charge in [0.25, 0.3) is 5.91 Å². The molecule has 11 nitrogen and oxygen atoms in total. The first kappa shape index (κ1) is 25.0. The minimum absolute atomic E-state index is 0.0591. The number of aryl methyl sites for hydroxylation is 1. The zero-order chi connectivity index (χ0) is 26.3. The van der Waals surface area contributed by atoms with E-state index in [1.165, 1.54) is 11.1 Å². The summed E-state index contributed by atoms with van der Waals surface area (Å²) in [4.78, 5) is 56.9. The summed E-state index contributed by atoms with van der Waals surface area (Å²) in [7, 11) is 1.75. The van der Waals surface area contributed by atoms with E-state index in [2.05, 4.69) is 15.7 Å². The molecule has 11 heteroatoms. The first-order valence-electron chi connectivity index (χ1n) is 13.1. The van der Waals surface area contributed by atoms with Gasteiger partial charge in [0.15, 0.2) is 0 Å². The third kappa shape index (κ3) is 5.26. The number of allylic oxidation sites excluding steroid dienone is 1. The van der Waals surface area contributed by atoms with Crippen LogP contribution in [0.4, 0.5) is 9.59 Å². The number of aromatic nitrogens is 2. The Morgan fingerprint density at radius 3 is 2.65 bits per heavy atom. The zero-order valence-electron chi connectivity index (χ0n) is 21.6. The number of urea groups is 2. The average Bonchev–Trinajstić information content (AvgIpc) is 3.58. The monoisotopic (exact) mass is 509 g/mol. The smallest absolute Gasteiger partial charge is 0.327 e. The predicted molar refractivity (Wildman–Crippen MR) is 135 cm³/mol. The standard InChI is InChI=1S/C26H35N7O4/c1-16(2)33-22-9-8-19(11-21(22)24(35)32(26(33)37)13-17-6-7-17)29-25(36)31-10-4-5-20(15-31)28-23(34)18-12-27-30(3)14-18/h8-9,11-12,14,16-17,20-22H,4-7,10,13,15H2,1-3H3,(H,28,34)(H,29,36). The summed E-state index contributed by atoms with van der Waals surface area (Å²) in [6, 6.07) is -1.08. The fourth-order valence-corrected chi connectivity index (χ4v) is 5.36. The molecule has 37 heavy (non-hydrogen) atoms. The van der Waals surface area contributed by atoms with Crippen molar-refractivity contribution in [1.82, 2.24) is 35.1 Å². The summed E-state index contributed by atoms with van der Waals surface area (Å²) in [6.45, 7) is 5.34. The molecule has 6 amide bonds. The van der Waals surface area contributed by atoms with E-state index in [1.807, 2.05) is 19.9 Å². The second-order valence-corrected chi connectivity index (χ2v) is 10.8. The first-order valence-corrected chi connectivity index (χ1v) is 13.1. The third-order valence-electron chi connectivity index (χ3n) is 7.48.